The second-order valence-corrected chi connectivity index (χ2v) is 4.99. The molecule has 0 radical (unpaired) electrons. The van der Waals surface area contributed by atoms with Crippen LogP contribution in [0.4, 0.5) is 16.2 Å². The van der Waals surface area contributed by atoms with E-state index in [4.69, 9.17) is 28.9 Å². The van der Waals surface area contributed by atoms with Crippen molar-refractivity contribution >= 4 is 46.5 Å². The number of anilines is 2. The Kier molecular flexibility index (Phi) is 4.67. The van der Waals surface area contributed by atoms with Gasteiger partial charge >= 0.3 is 6.03 Å². The number of benzene rings is 2. The minimum absolute atomic E-state index is 0.360. The molecule has 108 valence electrons. The minimum Gasteiger partial charge on any atom is -0.366 e. The lowest BCUT2D eigenvalue weighted by Crippen LogP contribution is -2.19. The van der Waals surface area contributed by atoms with Crippen molar-refractivity contribution < 1.29 is 9.59 Å². The molecule has 0 aliphatic carbocycles. The summed E-state index contributed by atoms with van der Waals surface area (Å²) in [4.78, 5) is 22.8. The summed E-state index contributed by atoms with van der Waals surface area (Å²) in [6, 6.07) is 10.4. The second-order valence-electron chi connectivity index (χ2n) is 4.14. The molecule has 2 rings (SSSR count). The fourth-order valence-corrected chi connectivity index (χ4v) is 1.93. The van der Waals surface area contributed by atoms with Gasteiger partial charge in [-0.05, 0) is 42.5 Å². The maximum atomic E-state index is 11.8. The highest BCUT2D eigenvalue weighted by molar-refractivity contribution is 6.35. The van der Waals surface area contributed by atoms with Gasteiger partial charge in [-0.25, -0.2) is 4.79 Å². The molecule has 0 unspecified atom stereocenters. The molecule has 4 N–H and O–H groups in total. The van der Waals surface area contributed by atoms with Gasteiger partial charge in [0.1, 0.15) is 0 Å². The molecular formula is C14H11Cl2N3O2. The average molecular weight is 324 g/mol. The molecule has 0 aliphatic heterocycles. The summed E-state index contributed by atoms with van der Waals surface area (Å²) in [5, 5.41) is 6.01. The largest absolute Gasteiger partial charge is 0.366 e. The number of rotatable bonds is 3. The number of hydrogen-bond acceptors (Lipinski definition) is 2. The van der Waals surface area contributed by atoms with Crippen LogP contribution in [0.5, 0.6) is 0 Å². The minimum atomic E-state index is -0.531. The molecular weight excluding hydrogens is 313 g/mol. The van der Waals surface area contributed by atoms with E-state index in [0.717, 1.165) is 0 Å². The Hall–Kier alpha value is -2.24. The highest BCUT2D eigenvalue weighted by Crippen LogP contribution is 2.25. The summed E-state index contributed by atoms with van der Waals surface area (Å²) in [5.74, 6) is -0.531. The lowest BCUT2D eigenvalue weighted by atomic mass is 10.2. The number of amides is 3. The fraction of sp³-hybridized carbons (Fsp3) is 0. The number of halogens is 2. The normalized spacial score (nSPS) is 10.0. The van der Waals surface area contributed by atoms with Crippen LogP contribution >= 0.6 is 23.2 Å². The topological polar surface area (TPSA) is 84.2 Å². The first-order valence-corrected chi connectivity index (χ1v) is 6.64. The first-order valence-electron chi connectivity index (χ1n) is 5.88. The maximum absolute atomic E-state index is 11.8. The van der Waals surface area contributed by atoms with E-state index in [0.29, 0.717) is 27.0 Å². The molecule has 2 aromatic rings. The Morgan fingerprint density at radius 1 is 0.952 bits per heavy atom. The maximum Gasteiger partial charge on any atom is 0.323 e. The smallest absolute Gasteiger partial charge is 0.323 e. The van der Waals surface area contributed by atoms with Crippen LogP contribution in [0.1, 0.15) is 10.4 Å². The zero-order valence-corrected chi connectivity index (χ0v) is 12.2. The van der Waals surface area contributed by atoms with Crippen LogP contribution in [-0.4, -0.2) is 11.9 Å². The number of nitrogens with one attached hydrogen (secondary N) is 2. The number of primary amides is 1. The van der Waals surface area contributed by atoms with E-state index < -0.39 is 11.9 Å². The summed E-state index contributed by atoms with van der Waals surface area (Å²) in [5.41, 5.74) is 6.40. The van der Waals surface area contributed by atoms with Crippen LogP contribution in [0.3, 0.4) is 0 Å². The van der Waals surface area contributed by atoms with E-state index in [1.807, 2.05) is 0 Å². The molecule has 0 heterocycles. The number of carbonyl (C=O) groups is 2. The van der Waals surface area contributed by atoms with Gasteiger partial charge in [-0.1, -0.05) is 23.2 Å². The molecule has 0 bridgehead atoms. The monoisotopic (exact) mass is 323 g/mol. The summed E-state index contributed by atoms with van der Waals surface area (Å²) >= 11 is 11.8. The van der Waals surface area contributed by atoms with Gasteiger partial charge in [0.25, 0.3) is 0 Å². The first-order chi connectivity index (χ1) is 9.95. The molecule has 0 aliphatic rings. The molecule has 0 saturated carbocycles. The Morgan fingerprint density at radius 2 is 1.62 bits per heavy atom. The van der Waals surface area contributed by atoms with Crippen molar-refractivity contribution in [2.75, 3.05) is 10.6 Å². The van der Waals surface area contributed by atoms with Crippen molar-refractivity contribution in [2.24, 2.45) is 5.73 Å². The summed E-state index contributed by atoms with van der Waals surface area (Å²) in [7, 11) is 0. The molecule has 21 heavy (non-hydrogen) atoms. The van der Waals surface area contributed by atoms with Crippen molar-refractivity contribution in [3.63, 3.8) is 0 Å². The molecule has 5 nitrogen and oxygen atoms in total. The van der Waals surface area contributed by atoms with Crippen molar-refractivity contribution in [3.8, 4) is 0 Å². The molecule has 0 atom stereocenters. The van der Waals surface area contributed by atoms with Crippen LogP contribution in [0.15, 0.2) is 42.5 Å². The summed E-state index contributed by atoms with van der Waals surface area (Å²) in [6.07, 6.45) is 0. The van der Waals surface area contributed by atoms with Gasteiger partial charge in [-0.3, -0.25) is 4.79 Å². The van der Waals surface area contributed by atoms with E-state index in [1.165, 1.54) is 12.1 Å². The Balaban J connectivity index is 2.04. The molecule has 0 fully saturated rings. The van der Waals surface area contributed by atoms with Gasteiger partial charge in [-0.2, -0.15) is 0 Å². The fourth-order valence-electron chi connectivity index (χ4n) is 1.60. The van der Waals surface area contributed by atoms with Gasteiger partial charge < -0.3 is 16.4 Å². The van der Waals surface area contributed by atoms with Crippen LogP contribution in [0.2, 0.25) is 10.0 Å². The zero-order valence-electron chi connectivity index (χ0n) is 10.7. The first kappa shape index (κ1) is 15.2. The van der Waals surface area contributed by atoms with Gasteiger partial charge in [0, 0.05) is 16.3 Å². The quantitative estimate of drug-likeness (QED) is 0.803. The number of nitrogens with two attached hydrogens (primary N) is 1. The third-order valence-electron chi connectivity index (χ3n) is 2.60. The Labute approximate surface area is 131 Å². The number of urea groups is 1. The van der Waals surface area contributed by atoms with Crippen molar-refractivity contribution in [2.45, 2.75) is 0 Å². The van der Waals surface area contributed by atoms with Crippen LogP contribution in [0.25, 0.3) is 0 Å². The summed E-state index contributed by atoms with van der Waals surface area (Å²) in [6.45, 7) is 0. The van der Waals surface area contributed by atoms with Crippen molar-refractivity contribution in [3.05, 3.63) is 58.1 Å². The second kappa shape index (κ2) is 6.47. The van der Waals surface area contributed by atoms with Crippen LogP contribution in [-0.2, 0) is 0 Å². The van der Waals surface area contributed by atoms with Gasteiger partial charge in [-0.15, -0.1) is 0 Å². The number of hydrogen-bond donors (Lipinski definition) is 3. The van der Waals surface area contributed by atoms with Gasteiger partial charge in [0.05, 0.1) is 10.7 Å². The Morgan fingerprint density at radius 3 is 2.24 bits per heavy atom. The summed E-state index contributed by atoms with van der Waals surface area (Å²) < 4.78 is 0. The molecule has 0 saturated heterocycles. The van der Waals surface area contributed by atoms with E-state index >= 15 is 0 Å². The molecule has 0 spiro atoms. The molecule has 2 aromatic carbocycles. The van der Waals surface area contributed by atoms with Crippen molar-refractivity contribution in [1.82, 2.24) is 0 Å². The van der Waals surface area contributed by atoms with E-state index in [1.54, 1.807) is 30.3 Å². The molecule has 0 aromatic heterocycles. The third-order valence-corrected chi connectivity index (χ3v) is 3.17. The predicted octanol–water partition coefficient (Wildman–Crippen LogP) is 3.74. The lowest BCUT2D eigenvalue weighted by molar-refractivity contribution is 0.100. The molecule has 7 heteroatoms. The number of carbonyl (C=O) groups excluding carboxylic acids is 2. The van der Waals surface area contributed by atoms with Crippen LogP contribution < -0.4 is 16.4 Å². The van der Waals surface area contributed by atoms with E-state index in [-0.39, 0.29) is 0 Å². The predicted molar refractivity (Wildman–Crippen MR) is 84.1 cm³/mol. The molecule has 3 amide bonds. The van der Waals surface area contributed by atoms with Gasteiger partial charge in [0.2, 0.25) is 5.91 Å². The van der Waals surface area contributed by atoms with Gasteiger partial charge in [0.15, 0.2) is 0 Å². The highest BCUT2D eigenvalue weighted by atomic mass is 35.5. The zero-order chi connectivity index (χ0) is 15.4. The third kappa shape index (κ3) is 4.11. The average Bonchev–Trinajstić information content (AvgIpc) is 2.43. The highest BCUT2D eigenvalue weighted by Gasteiger charge is 2.07. The lowest BCUT2D eigenvalue weighted by Gasteiger charge is -2.09. The Bertz CT molecular complexity index is 687. The van der Waals surface area contributed by atoms with E-state index in [2.05, 4.69) is 10.6 Å². The van der Waals surface area contributed by atoms with Crippen LogP contribution in [0, 0.1) is 0 Å². The van der Waals surface area contributed by atoms with E-state index in [9.17, 15) is 9.59 Å². The standard InChI is InChI=1S/C14H11Cl2N3O2/c15-9-3-6-11(16)12(7-9)19-14(21)18-10-4-1-8(2-5-10)13(17)20/h1-7H,(H2,17,20)(H2,18,19,21). The van der Waals surface area contributed by atoms with Crippen molar-refractivity contribution in [1.29, 1.82) is 0 Å². The SMILES string of the molecule is NC(=O)c1ccc(NC(=O)Nc2cc(Cl)ccc2Cl)cc1.